The summed E-state index contributed by atoms with van der Waals surface area (Å²) in [6.07, 6.45) is 1.83. The summed E-state index contributed by atoms with van der Waals surface area (Å²) in [6.45, 7) is 9.19. The van der Waals surface area contributed by atoms with Gasteiger partial charge in [-0.1, -0.05) is 49.4 Å². The molecule has 0 radical (unpaired) electrons. The highest BCUT2D eigenvalue weighted by molar-refractivity contribution is 5.69. The number of carbonyl (C=O) groups is 1. The van der Waals surface area contributed by atoms with Gasteiger partial charge in [0.25, 0.3) is 0 Å². The molecule has 0 aromatic heterocycles. The third-order valence-corrected chi connectivity index (χ3v) is 4.96. The lowest BCUT2D eigenvalue weighted by Crippen LogP contribution is -2.44. The highest BCUT2D eigenvalue weighted by Crippen LogP contribution is 2.35. The number of ether oxygens (including phenoxy) is 2. The Labute approximate surface area is 168 Å². The monoisotopic (exact) mass is 381 g/mol. The minimum atomic E-state index is -0.489. The van der Waals surface area contributed by atoms with Gasteiger partial charge in [0.1, 0.15) is 18.0 Å². The Kier molecular flexibility index (Phi) is 6.28. The Morgan fingerprint density at radius 1 is 1.04 bits per heavy atom. The van der Waals surface area contributed by atoms with Crippen molar-refractivity contribution in [2.24, 2.45) is 5.92 Å². The molecule has 2 unspecified atom stereocenters. The Hall–Kier alpha value is -2.49. The number of rotatable bonds is 4. The average Bonchev–Trinajstić information content (AvgIpc) is 2.66. The van der Waals surface area contributed by atoms with Crippen LogP contribution < -0.4 is 4.74 Å². The average molecular weight is 382 g/mol. The number of likely N-dealkylation sites (tertiary alicyclic amines) is 1. The number of carbonyl (C=O) groups excluding carboxylic acids is 1. The fourth-order valence-electron chi connectivity index (χ4n) is 3.55. The summed E-state index contributed by atoms with van der Waals surface area (Å²) in [5.74, 6) is 1.32. The molecule has 1 aliphatic heterocycles. The number of hydrogen-bond acceptors (Lipinski definition) is 3. The number of benzene rings is 2. The number of piperidine rings is 1. The van der Waals surface area contributed by atoms with Crippen LogP contribution in [0.3, 0.4) is 0 Å². The summed E-state index contributed by atoms with van der Waals surface area (Å²) in [7, 11) is 0. The summed E-state index contributed by atoms with van der Waals surface area (Å²) < 4.78 is 11.5. The van der Waals surface area contributed by atoms with Crippen molar-refractivity contribution in [3.05, 3.63) is 65.7 Å². The van der Waals surface area contributed by atoms with Crippen molar-refractivity contribution >= 4 is 6.09 Å². The van der Waals surface area contributed by atoms with Crippen LogP contribution in [-0.4, -0.2) is 23.1 Å². The summed E-state index contributed by atoms with van der Waals surface area (Å²) in [5.41, 5.74) is 1.78. The molecule has 1 amide bonds. The lowest BCUT2D eigenvalue weighted by Gasteiger charge is -2.39. The minimum absolute atomic E-state index is 0.0502. The SMILES string of the molecule is CC1CCC(c2ccc(OCc3ccccc3)cc2)N(C(=O)OC(C)(C)C)C1. The van der Waals surface area contributed by atoms with Gasteiger partial charge in [0, 0.05) is 6.54 Å². The zero-order valence-electron chi connectivity index (χ0n) is 17.4. The van der Waals surface area contributed by atoms with Crippen LogP contribution in [0.5, 0.6) is 5.75 Å². The number of amides is 1. The van der Waals surface area contributed by atoms with E-state index in [0.717, 1.165) is 36.3 Å². The second-order valence-electron chi connectivity index (χ2n) is 8.67. The van der Waals surface area contributed by atoms with E-state index in [2.05, 4.69) is 31.2 Å². The van der Waals surface area contributed by atoms with E-state index in [9.17, 15) is 4.79 Å². The Morgan fingerprint density at radius 3 is 2.36 bits per heavy atom. The molecule has 150 valence electrons. The van der Waals surface area contributed by atoms with Crippen molar-refractivity contribution in [2.75, 3.05) is 6.54 Å². The summed E-state index contributed by atoms with van der Waals surface area (Å²) in [5, 5.41) is 0. The van der Waals surface area contributed by atoms with Crippen LogP contribution >= 0.6 is 0 Å². The maximum atomic E-state index is 12.7. The molecular weight excluding hydrogens is 350 g/mol. The molecule has 0 saturated carbocycles. The van der Waals surface area contributed by atoms with Gasteiger partial charge in [0.15, 0.2) is 0 Å². The second kappa shape index (κ2) is 8.68. The molecule has 2 atom stereocenters. The molecule has 0 aliphatic carbocycles. The molecule has 1 saturated heterocycles. The molecule has 0 spiro atoms. The van der Waals surface area contributed by atoms with Crippen LogP contribution in [0.25, 0.3) is 0 Å². The lowest BCUT2D eigenvalue weighted by atomic mass is 9.90. The van der Waals surface area contributed by atoms with Gasteiger partial charge in [-0.3, -0.25) is 0 Å². The van der Waals surface area contributed by atoms with Crippen molar-refractivity contribution in [3.63, 3.8) is 0 Å². The van der Waals surface area contributed by atoms with Crippen molar-refractivity contribution in [3.8, 4) is 5.75 Å². The van der Waals surface area contributed by atoms with Crippen molar-refractivity contribution < 1.29 is 14.3 Å². The maximum absolute atomic E-state index is 12.7. The van der Waals surface area contributed by atoms with E-state index in [1.165, 1.54) is 0 Å². The largest absolute Gasteiger partial charge is 0.489 e. The van der Waals surface area contributed by atoms with Gasteiger partial charge >= 0.3 is 6.09 Å². The second-order valence-corrected chi connectivity index (χ2v) is 8.67. The third kappa shape index (κ3) is 5.51. The maximum Gasteiger partial charge on any atom is 0.410 e. The Morgan fingerprint density at radius 2 is 1.71 bits per heavy atom. The molecule has 1 heterocycles. The molecule has 2 aromatic rings. The molecule has 1 fully saturated rings. The Bertz CT molecular complexity index is 765. The van der Waals surface area contributed by atoms with Gasteiger partial charge in [-0.25, -0.2) is 4.79 Å². The van der Waals surface area contributed by atoms with Crippen LogP contribution in [-0.2, 0) is 11.3 Å². The predicted octanol–water partition coefficient (Wildman–Crippen LogP) is 5.97. The molecule has 28 heavy (non-hydrogen) atoms. The molecule has 0 bridgehead atoms. The molecule has 4 nitrogen and oxygen atoms in total. The van der Waals surface area contributed by atoms with Gasteiger partial charge in [0.05, 0.1) is 6.04 Å². The summed E-state index contributed by atoms with van der Waals surface area (Å²) in [4.78, 5) is 14.6. The van der Waals surface area contributed by atoms with Gasteiger partial charge in [0.2, 0.25) is 0 Å². The summed E-state index contributed by atoms with van der Waals surface area (Å²) in [6, 6.07) is 18.3. The fraction of sp³-hybridized carbons (Fsp3) is 0.458. The van der Waals surface area contributed by atoms with Gasteiger partial charge in [-0.15, -0.1) is 0 Å². The normalized spacial score (nSPS) is 19.9. The van der Waals surface area contributed by atoms with Gasteiger partial charge < -0.3 is 14.4 Å². The van der Waals surface area contributed by atoms with Crippen LogP contribution in [0.1, 0.15) is 57.7 Å². The van der Waals surface area contributed by atoms with E-state index in [1.807, 2.05) is 56.0 Å². The zero-order valence-corrected chi connectivity index (χ0v) is 17.4. The molecule has 2 aromatic carbocycles. The van der Waals surface area contributed by atoms with Gasteiger partial charge in [-0.2, -0.15) is 0 Å². The van der Waals surface area contributed by atoms with E-state index in [1.54, 1.807) is 0 Å². The number of nitrogens with zero attached hydrogens (tertiary/aromatic N) is 1. The van der Waals surface area contributed by atoms with E-state index in [-0.39, 0.29) is 12.1 Å². The number of hydrogen-bond donors (Lipinski definition) is 0. The fourth-order valence-corrected chi connectivity index (χ4v) is 3.55. The first-order chi connectivity index (χ1) is 13.3. The molecule has 4 heteroatoms. The van der Waals surface area contributed by atoms with Crippen molar-refractivity contribution in [1.82, 2.24) is 4.90 Å². The first kappa shape index (κ1) is 20.2. The van der Waals surface area contributed by atoms with Crippen molar-refractivity contribution in [1.29, 1.82) is 0 Å². The first-order valence-electron chi connectivity index (χ1n) is 10.1. The van der Waals surface area contributed by atoms with E-state index >= 15 is 0 Å². The highest BCUT2D eigenvalue weighted by Gasteiger charge is 2.33. The first-order valence-corrected chi connectivity index (χ1v) is 10.1. The Balaban J connectivity index is 1.68. The third-order valence-electron chi connectivity index (χ3n) is 4.96. The lowest BCUT2D eigenvalue weighted by molar-refractivity contribution is 0.00363. The summed E-state index contributed by atoms with van der Waals surface area (Å²) >= 11 is 0. The van der Waals surface area contributed by atoms with Crippen LogP contribution in [0, 0.1) is 5.92 Å². The quantitative estimate of drug-likeness (QED) is 0.654. The van der Waals surface area contributed by atoms with Crippen molar-refractivity contribution in [2.45, 2.75) is 58.8 Å². The van der Waals surface area contributed by atoms with E-state index in [0.29, 0.717) is 12.5 Å². The molecule has 0 N–H and O–H groups in total. The minimum Gasteiger partial charge on any atom is -0.489 e. The molecule has 1 aliphatic rings. The molecular formula is C24H31NO3. The standard InChI is InChI=1S/C24H31NO3/c1-18-10-15-22(25(16-18)23(26)28-24(2,3)4)20-11-13-21(14-12-20)27-17-19-8-6-5-7-9-19/h5-9,11-14,18,22H,10,15-17H2,1-4H3. The topological polar surface area (TPSA) is 38.8 Å². The van der Waals surface area contributed by atoms with Crippen LogP contribution in [0.15, 0.2) is 54.6 Å². The van der Waals surface area contributed by atoms with Crippen LogP contribution in [0.4, 0.5) is 4.79 Å². The van der Waals surface area contributed by atoms with Crippen LogP contribution in [0.2, 0.25) is 0 Å². The zero-order chi connectivity index (χ0) is 20.1. The van der Waals surface area contributed by atoms with Gasteiger partial charge in [-0.05, 0) is 62.8 Å². The predicted molar refractivity (Wildman–Crippen MR) is 111 cm³/mol. The van der Waals surface area contributed by atoms with E-state index in [4.69, 9.17) is 9.47 Å². The molecule has 3 rings (SSSR count). The highest BCUT2D eigenvalue weighted by atomic mass is 16.6. The smallest absolute Gasteiger partial charge is 0.410 e. The van der Waals surface area contributed by atoms with E-state index < -0.39 is 5.60 Å².